The van der Waals surface area contributed by atoms with Crippen LogP contribution in [0.25, 0.3) is 10.9 Å². The molecule has 162 valence electrons. The van der Waals surface area contributed by atoms with Crippen LogP contribution in [0.5, 0.6) is 0 Å². The van der Waals surface area contributed by atoms with Crippen LogP contribution in [0.2, 0.25) is 0 Å². The number of ether oxygens (including phenoxy) is 1. The highest BCUT2D eigenvalue weighted by Gasteiger charge is 2.28. The van der Waals surface area contributed by atoms with E-state index >= 15 is 0 Å². The first-order valence-corrected chi connectivity index (χ1v) is 11.0. The predicted octanol–water partition coefficient (Wildman–Crippen LogP) is 2.85. The van der Waals surface area contributed by atoms with E-state index in [0.717, 1.165) is 28.2 Å². The van der Waals surface area contributed by atoms with Gasteiger partial charge >= 0.3 is 0 Å². The van der Waals surface area contributed by atoms with E-state index in [-0.39, 0.29) is 29.4 Å². The van der Waals surface area contributed by atoms with Crippen molar-refractivity contribution in [3.8, 4) is 0 Å². The monoisotopic (exact) mass is 443 g/mol. The van der Waals surface area contributed by atoms with Gasteiger partial charge in [-0.2, -0.15) is 9.41 Å². The highest BCUT2D eigenvalue weighted by atomic mass is 32.2. The number of aromatic amines is 1. The zero-order valence-electron chi connectivity index (χ0n) is 16.7. The number of nitrogens with zero attached hydrogens (tertiary/aromatic N) is 3. The van der Waals surface area contributed by atoms with Crippen LogP contribution < -0.4 is 5.43 Å². The van der Waals surface area contributed by atoms with Gasteiger partial charge in [0.2, 0.25) is 10.0 Å². The van der Waals surface area contributed by atoms with Crippen LogP contribution in [0.4, 0.5) is 11.4 Å². The Balaban J connectivity index is 1.61. The van der Waals surface area contributed by atoms with Crippen LogP contribution in [0, 0.1) is 17.0 Å². The lowest BCUT2D eigenvalue weighted by atomic mass is 10.1. The molecule has 0 bridgehead atoms. The Morgan fingerprint density at radius 2 is 1.97 bits per heavy atom. The number of hydrogen-bond donors (Lipinski definition) is 2. The highest BCUT2D eigenvalue weighted by Crippen LogP contribution is 2.29. The zero-order chi connectivity index (χ0) is 22.0. The summed E-state index contributed by atoms with van der Waals surface area (Å²) < 4.78 is 32.0. The lowest BCUT2D eigenvalue weighted by Gasteiger charge is -2.26. The van der Waals surface area contributed by atoms with Crippen molar-refractivity contribution in [2.75, 3.05) is 31.7 Å². The number of aromatic nitrogens is 1. The van der Waals surface area contributed by atoms with Crippen molar-refractivity contribution < 1.29 is 18.1 Å². The van der Waals surface area contributed by atoms with Gasteiger partial charge in [-0.15, -0.1) is 0 Å². The molecular weight excluding hydrogens is 422 g/mol. The first-order valence-electron chi connectivity index (χ1n) is 9.60. The van der Waals surface area contributed by atoms with Crippen LogP contribution >= 0.6 is 0 Å². The number of sulfonamides is 1. The molecule has 1 aliphatic rings. The Labute approximate surface area is 178 Å². The molecular formula is C20H21N5O5S. The van der Waals surface area contributed by atoms with E-state index < -0.39 is 14.9 Å². The molecule has 11 heteroatoms. The van der Waals surface area contributed by atoms with Crippen molar-refractivity contribution in [2.45, 2.75) is 11.8 Å². The third-order valence-electron chi connectivity index (χ3n) is 5.10. The molecule has 0 amide bonds. The van der Waals surface area contributed by atoms with Crippen LogP contribution in [0.1, 0.15) is 11.3 Å². The van der Waals surface area contributed by atoms with Crippen LogP contribution in [-0.2, 0) is 14.8 Å². The number of morpholine rings is 1. The maximum Gasteiger partial charge on any atom is 0.295 e. The van der Waals surface area contributed by atoms with Gasteiger partial charge in [0, 0.05) is 41.3 Å². The number of H-pyrrole nitrogens is 1. The number of nitro groups is 1. The number of nitrogens with one attached hydrogen (secondary N) is 2. The molecule has 0 saturated carbocycles. The van der Waals surface area contributed by atoms with Crippen molar-refractivity contribution in [3.05, 3.63) is 63.8 Å². The minimum Gasteiger partial charge on any atom is -0.379 e. The second-order valence-corrected chi connectivity index (χ2v) is 8.97. The molecule has 2 aromatic carbocycles. The topological polar surface area (TPSA) is 130 Å². The van der Waals surface area contributed by atoms with Crippen molar-refractivity contribution in [3.63, 3.8) is 0 Å². The zero-order valence-corrected chi connectivity index (χ0v) is 17.6. The summed E-state index contributed by atoms with van der Waals surface area (Å²) in [5.74, 6) is 0. The largest absolute Gasteiger partial charge is 0.379 e. The Morgan fingerprint density at radius 1 is 1.23 bits per heavy atom. The number of benzene rings is 2. The van der Waals surface area contributed by atoms with Gasteiger partial charge in [0.25, 0.3) is 5.69 Å². The van der Waals surface area contributed by atoms with Crippen molar-refractivity contribution in [1.82, 2.24) is 9.29 Å². The molecule has 1 aromatic heterocycles. The number of aryl methyl sites for hydroxylation is 1. The number of hydrazone groups is 1. The molecule has 1 aliphatic heterocycles. The van der Waals surface area contributed by atoms with Crippen LogP contribution in [-0.4, -0.2) is 55.1 Å². The number of anilines is 1. The molecule has 10 nitrogen and oxygen atoms in total. The highest BCUT2D eigenvalue weighted by molar-refractivity contribution is 7.89. The van der Waals surface area contributed by atoms with Gasteiger partial charge in [-0.1, -0.05) is 18.2 Å². The summed E-state index contributed by atoms with van der Waals surface area (Å²) in [5.41, 5.74) is 5.12. The number of rotatable bonds is 6. The molecule has 0 aliphatic carbocycles. The van der Waals surface area contributed by atoms with Gasteiger partial charge < -0.3 is 9.72 Å². The van der Waals surface area contributed by atoms with Crippen LogP contribution in [0.3, 0.4) is 0 Å². The summed E-state index contributed by atoms with van der Waals surface area (Å²) in [6.07, 6.45) is 1.58. The smallest absolute Gasteiger partial charge is 0.295 e. The van der Waals surface area contributed by atoms with E-state index in [1.54, 1.807) is 6.21 Å². The molecule has 3 aromatic rings. The normalized spacial score (nSPS) is 15.5. The van der Waals surface area contributed by atoms with Gasteiger partial charge in [0.1, 0.15) is 5.69 Å². The summed E-state index contributed by atoms with van der Waals surface area (Å²) >= 11 is 0. The fourth-order valence-electron chi connectivity index (χ4n) is 3.48. The molecule has 2 heterocycles. The average molecular weight is 443 g/mol. The van der Waals surface area contributed by atoms with Crippen molar-refractivity contribution in [1.29, 1.82) is 0 Å². The summed E-state index contributed by atoms with van der Waals surface area (Å²) in [6.45, 7) is 2.93. The SMILES string of the molecule is Cc1[nH]c2ccccc2c1C=NNc1ccc(S(=O)(=O)N2CCOCC2)cc1[N+](=O)[O-]. The Hall–Kier alpha value is -3.28. The number of para-hydroxylation sites is 1. The number of fused-ring (bicyclic) bond motifs is 1. The van der Waals surface area contributed by atoms with Crippen molar-refractivity contribution >= 4 is 38.5 Å². The van der Waals surface area contributed by atoms with Gasteiger partial charge in [-0.05, 0) is 25.1 Å². The van der Waals surface area contributed by atoms with E-state index in [2.05, 4.69) is 15.5 Å². The fourth-order valence-corrected chi connectivity index (χ4v) is 4.91. The second-order valence-electron chi connectivity index (χ2n) is 7.03. The first kappa shape index (κ1) is 21.0. The fraction of sp³-hybridized carbons (Fsp3) is 0.250. The first-order chi connectivity index (χ1) is 14.9. The van der Waals surface area contributed by atoms with Gasteiger partial charge in [0.05, 0.1) is 29.2 Å². The van der Waals surface area contributed by atoms with Gasteiger partial charge in [0.15, 0.2) is 0 Å². The molecule has 0 atom stereocenters. The summed E-state index contributed by atoms with van der Waals surface area (Å²) in [5, 5.41) is 16.7. The molecule has 31 heavy (non-hydrogen) atoms. The number of hydrogen-bond acceptors (Lipinski definition) is 7. The second kappa shape index (κ2) is 8.46. The van der Waals surface area contributed by atoms with E-state index in [0.29, 0.717) is 13.2 Å². The third kappa shape index (κ3) is 4.15. The minimum absolute atomic E-state index is 0.0969. The maximum absolute atomic E-state index is 12.8. The molecule has 0 unspecified atom stereocenters. The standard InChI is InChI=1S/C20H21N5O5S/c1-14-17(16-4-2-3-5-18(16)22-14)13-21-23-19-7-6-15(12-20(19)25(26)27)31(28,29)24-8-10-30-11-9-24/h2-7,12-13,22-23H,8-11H2,1H3. The van der Waals surface area contributed by atoms with Gasteiger partial charge in [-0.25, -0.2) is 8.42 Å². The maximum atomic E-state index is 12.8. The summed E-state index contributed by atoms with van der Waals surface area (Å²) in [7, 11) is -3.84. The summed E-state index contributed by atoms with van der Waals surface area (Å²) in [6, 6.07) is 11.5. The molecule has 0 spiro atoms. The Kier molecular flexibility index (Phi) is 5.72. The minimum atomic E-state index is -3.84. The lowest BCUT2D eigenvalue weighted by Crippen LogP contribution is -2.40. The lowest BCUT2D eigenvalue weighted by molar-refractivity contribution is -0.384. The molecule has 1 fully saturated rings. The molecule has 0 radical (unpaired) electrons. The van der Waals surface area contributed by atoms with E-state index in [9.17, 15) is 18.5 Å². The quantitative estimate of drug-likeness (QED) is 0.342. The molecule has 4 rings (SSSR count). The number of nitro benzene ring substituents is 1. The van der Waals surface area contributed by atoms with Crippen molar-refractivity contribution in [2.24, 2.45) is 5.10 Å². The summed E-state index contributed by atoms with van der Waals surface area (Å²) in [4.78, 5) is 14.1. The third-order valence-corrected chi connectivity index (χ3v) is 6.99. The van der Waals surface area contributed by atoms with E-state index in [4.69, 9.17) is 4.74 Å². The Bertz CT molecular complexity index is 1260. The van der Waals surface area contributed by atoms with Crippen LogP contribution in [0.15, 0.2) is 52.5 Å². The van der Waals surface area contributed by atoms with E-state index in [1.165, 1.54) is 16.4 Å². The Morgan fingerprint density at radius 3 is 2.71 bits per heavy atom. The van der Waals surface area contributed by atoms with Gasteiger partial charge in [-0.3, -0.25) is 15.5 Å². The van der Waals surface area contributed by atoms with E-state index in [1.807, 2.05) is 31.2 Å². The average Bonchev–Trinajstić information content (AvgIpc) is 3.09. The predicted molar refractivity (Wildman–Crippen MR) is 117 cm³/mol. The molecule has 1 saturated heterocycles. The molecule has 2 N–H and O–H groups in total.